The Kier molecular flexibility index (Phi) is 4.98. The number of nitrogens with zero attached hydrogens (tertiary/aromatic N) is 1. The molecule has 0 aliphatic carbocycles. The van der Waals surface area contributed by atoms with Gasteiger partial charge in [-0.15, -0.1) is 0 Å². The molecule has 0 bridgehead atoms. The Bertz CT molecular complexity index is 611. The summed E-state index contributed by atoms with van der Waals surface area (Å²) in [6, 6.07) is 7.31. The third-order valence-corrected chi connectivity index (χ3v) is 4.07. The first-order valence-electron chi connectivity index (χ1n) is 6.26. The first-order valence-corrected chi connectivity index (χ1v) is 7.49. The van der Waals surface area contributed by atoms with E-state index in [4.69, 9.17) is 17.0 Å². The number of hydrazine groups is 1. The summed E-state index contributed by atoms with van der Waals surface area (Å²) in [5.41, 5.74) is 3.34. The van der Waals surface area contributed by atoms with Gasteiger partial charge in [0.05, 0.1) is 12.0 Å². The maximum absolute atomic E-state index is 12.2. The second kappa shape index (κ2) is 6.73. The van der Waals surface area contributed by atoms with E-state index in [1.165, 1.54) is 0 Å². The van der Waals surface area contributed by atoms with Crippen LogP contribution in [0.2, 0.25) is 0 Å². The molecule has 110 valence electrons. The van der Waals surface area contributed by atoms with Crippen molar-refractivity contribution in [2.75, 3.05) is 7.11 Å². The molecule has 0 atom stereocenters. The highest BCUT2D eigenvalue weighted by Crippen LogP contribution is 2.31. The topological polar surface area (TPSA) is 58.6 Å². The Morgan fingerprint density at radius 1 is 1.43 bits per heavy atom. The molecule has 1 aliphatic rings. The molecule has 1 aliphatic heterocycles. The standard InChI is InChI=1S/C14H14N2O3S2/c1-3-12(17)15-16-13(18)11(21-14(16)20)8-9-4-6-10(19-2)7-5-9/h4-8H,3H2,1-2H3,(H,15,17)/b11-8+. The molecule has 0 saturated carbocycles. The molecule has 21 heavy (non-hydrogen) atoms. The van der Waals surface area contributed by atoms with Crippen LogP contribution in [0.15, 0.2) is 29.2 Å². The van der Waals surface area contributed by atoms with Crippen molar-refractivity contribution < 1.29 is 14.3 Å². The van der Waals surface area contributed by atoms with Crippen LogP contribution in [0.5, 0.6) is 5.75 Å². The van der Waals surface area contributed by atoms with Crippen LogP contribution in [-0.4, -0.2) is 28.3 Å². The average molecular weight is 322 g/mol. The lowest BCUT2D eigenvalue weighted by molar-refractivity contribution is -0.132. The molecule has 1 aromatic rings. The number of thioether (sulfide) groups is 1. The predicted molar refractivity (Wildman–Crippen MR) is 86.4 cm³/mol. The number of carbonyl (C=O) groups is 2. The minimum atomic E-state index is -0.317. The number of rotatable bonds is 4. The lowest BCUT2D eigenvalue weighted by Gasteiger charge is -2.14. The van der Waals surface area contributed by atoms with Crippen molar-refractivity contribution in [3.05, 3.63) is 34.7 Å². The number of methoxy groups -OCH3 is 1. The van der Waals surface area contributed by atoms with Crippen LogP contribution < -0.4 is 10.2 Å². The summed E-state index contributed by atoms with van der Waals surface area (Å²) in [7, 11) is 1.59. The zero-order valence-corrected chi connectivity index (χ0v) is 13.2. The highest BCUT2D eigenvalue weighted by atomic mass is 32.2. The summed E-state index contributed by atoms with van der Waals surface area (Å²) in [5.74, 6) is 0.175. The van der Waals surface area contributed by atoms with Crippen molar-refractivity contribution in [2.24, 2.45) is 0 Å². The fraction of sp³-hybridized carbons (Fsp3) is 0.214. The summed E-state index contributed by atoms with van der Waals surface area (Å²) >= 11 is 6.27. The van der Waals surface area contributed by atoms with E-state index in [-0.39, 0.29) is 18.2 Å². The zero-order valence-electron chi connectivity index (χ0n) is 11.6. The number of thiocarbonyl (C=S) groups is 1. The lowest BCUT2D eigenvalue weighted by Crippen LogP contribution is -2.44. The minimum Gasteiger partial charge on any atom is -0.497 e. The molecule has 1 fully saturated rings. The van der Waals surface area contributed by atoms with Crippen LogP contribution in [0.4, 0.5) is 0 Å². The van der Waals surface area contributed by atoms with Crippen molar-refractivity contribution in [1.29, 1.82) is 0 Å². The van der Waals surface area contributed by atoms with E-state index in [0.717, 1.165) is 28.1 Å². The number of carbonyl (C=O) groups excluding carboxylic acids is 2. The summed E-state index contributed by atoms with van der Waals surface area (Å²) < 4.78 is 5.40. The van der Waals surface area contributed by atoms with E-state index < -0.39 is 0 Å². The molecular weight excluding hydrogens is 308 g/mol. The van der Waals surface area contributed by atoms with Crippen LogP contribution in [0.25, 0.3) is 6.08 Å². The van der Waals surface area contributed by atoms with E-state index in [0.29, 0.717) is 9.23 Å². The normalized spacial score (nSPS) is 16.5. The van der Waals surface area contributed by atoms with Crippen molar-refractivity contribution in [3.63, 3.8) is 0 Å². The van der Waals surface area contributed by atoms with Gasteiger partial charge in [0.25, 0.3) is 5.91 Å². The number of hydrogen-bond donors (Lipinski definition) is 1. The summed E-state index contributed by atoms with van der Waals surface area (Å²) in [4.78, 5) is 24.1. The third kappa shape index (κ3) is 3.62. The zero-order chi connectivity index (χ0) is 15.4. The second-order valence-electron chi connectivity index (χ2n) is 4.18. The first kappa shape index (κ1) is 15.5. The Balaban J connectivity index is 2.17. The summed E-state index contributed by atoms with van der Waals surface area (Å²) in [6.45, 7) is 1.71. The third-order valence-electron chi connectivity index (χ3n) is 2.76. The molecule has 1 heterocycles. The van der Waals surface area contributed by atoms with E-state index in [2.05, 4.69) is 5.43 Å². The second-order valence-corrected chi connectivity index (χ2v) is 5.85. The molecule has 1 N–H and O–H groups in total. The molecule has 0 spiro atoms. The predicted octanol–water partition coefficient (Wildman–Crippen LogP) is 2.34. The smallest absolute Gasteiger partial charge is 0.285 e. The number of benzene rings is 1. The fourth-order valence-electron chi connectivity index (χ4n) is 1.62. The van der Waals surface area contributed by atoms with Gasteiger partial charge >= 0.3 is 0 Å². The SMILES string of the molecule is CCC(=O)NN1C(=O)/C(=C\c2ccc(OC)cc2)SC1=S. The van der Waals surface area contributed by atoms with Gasteiger partial charge in [0.15, 0.2) is 4.32 Å². The van der Waals surface area contributed by atoms with Gasteiger partial charge in [-0.05, 0) is 36.0 Å². The van der Waals surface area contributed by atoms with Gasteiger partial charge in [-0.1, -0.05) is 30.8 Å². The molecule has 5 nitrogen and oxygen atoms in total. The van der Waals surface area contributed by atoms with Gasteiger partial charge < -0.3 is 4.74 Å². The molecular formula is C14H14N2O3S2. The van der Waals surface area contributed by atoms with Gasteiger partial charge in [0, 0.05) is 6.42 Å². The van der Waals surface area contributed by atoms with Crippen molar-refractivity contribution >= 4 is 46.2 Å². The van der Waals surface area contributed by atoms with Crippen LogP contribution in [0.1, 0.15) is 18.9 Å². The highest BCUT2D eigenvalue weighted by Gasteiger charge is 2.33. The maximum atomic E-state index is 12.2. The number of nitrogens with one attached hydrogen (secondary N) is 1. The van der Waals surface area contributed by atoms with Gasteiger partial charge in [0.2, 0.25) is 5.91 Å². The van der Waals surface area contributed by atoms with E-state index in [1.807, 2.05) is 24.3 Å². The van der Waals surface area contributed by atoms with Crippen LogP contribution in [-0.2, 0) is 9.59 Å². The Morgan fingerprint density at radius 3 is 2.67 bits per heavy atom. The molecule has 0 unspecified atom stereocenters. The summed E-state index contributed by atoms with van der Waals surface area (Å²) in [6.07, 6.45) is 2.02. The van der Waals surface area contributed by atoms with Crippen LogP contribution in [0.3, 0.4) is 0 Å². The Hall–Kier alpha value is -1.86. The van der Waals surface area contributed by atoms with Crippen LogP contribution in [0, 0.1) is 0 Å². The molecule has 2 rings (SSSR count). The van der Waals surface area contributed by atoms with Crippen molar-refractivity contribution in [1.82, 2.24) is 10.4 Å². The summed E-state index contributed by atoms with van der Waals surface area (Å²) in [5, 5.41) is 1.11. The molecule has 0 aromatic heterocycles. The number of hydrogen-bond acceptors (Lipinski definition) is 5. The van der Waals surface area contributed by atoms with Gasteiger partial charge in [-0.2, -0.15) is 5.01 Å². The van der Waals surface area contributed by atoms with E-state index >= 15 is 0 Å². The van der Waals surface area contributed by atoms with Gasteiger partial charge in [-0.3, -0.25) is 15.0 Å². The highest BCUT2D eigenvalue weighted by molar-refractivity contribution is 8.26. The lowest BCUT2D eigenvalue weighted by atomic mass is 10.2. The number of ether oxygens (including phenoxy) is 1. The molecule has 7 heteroatoms. The van der Waals surface area contributed by atoms with Crippen LogP contribution >= 0.6 is 24.0 Å². The minimum absolute atomic E-state index is 0.253. The largest absolute Gasteiger partial charge is 0.497 e. The number of amides is 2. The fourth-order valence-corrected chi connectivity index (χ4v) is 2.80. The Labute approximate surface area is 132 Å². The van der Waals surface area contributed by atoms with Crippen molar-refractivity contribution in [2.45, 2.75) is 13.3 Å². The first-order chi connectivity index (χ1) is 10.0. The molecule has 1 saturated heterocycles. The van der Waals surface area contributed by atoms with Gasteiger partial charge in [-0.25, -0.2) is 0 Å². The monoisotopic (exact) mass is 322 g/mol. The molecule has 1 aromatic carbocycles. The van der Waals surface area contributed by atoms with Crippen molar-refractivity contribution in [3.8, 4) is 5.75 Å². The average Bonchev–Trinajstić information content (AvgIpc) is 2.75. The Morgan fingerprint density at radius 2 is 2.10 bits per heavy atom. The van der Waals surface area contributed by atoms with E-state index in [1.54, 1.807) is 20.1 Å². The quantitative estimate of drug-likeness (QED) is 0.681. The molecule has 0 radical (unpaired) electrons. The van der Waals surface area contributed by atoms with Gasteiger partial charge in [0.1, 0.15) is 5.75 Å². The molecule has 2 amide bonds. The van der Waals surface area contributed by atoms with E-state index in [9.17, 15) is 9.59 Å². The maximum Gasteiger partial charge on any atom is 0.285 e.